The largest absolute Gasteiger partial charge is 0.383 e. The summed E-state index contributed by atoms with van der Waals surface area (Å²) in [5.74, 6) is 1.96. The minimum absolute atomic E-state index is 0. The summed E-state index contributed by atoms with van der Waals surface area (Å²) >= 11 is 1.99. The van der Waals surface area contributed by atoms with Gasteiger partial charge >= 0.3 is 0 Å². The van der Waals surface area contributed by atoms with Gasteiger partial charge in [0.1, 0.15) is 0 Å². The first-order valence-electron chi connectivity index (χ1n) is 8.69. The van der Waals surface area contributed by atoms with Gasteiger partial charge in [0.15, 0.2) is 5.96 Å². The molecule has 0 aliphatic carbocycles. The van der Waals surface area contributed by atoms with Gasteiger partial charge in [0.05, 0.1) is 11.5 Å². The highest BCUT2D eigenvalue weighted by Gasteiger charge is 2.16. The molecule has 0 spiro atoms. The van der Waals surface area contributed by atoms with Crippen LogP contribution < -0.4 is 15.4 Å². The summed E-state index contributed by atoms with van der Waals surface area (Å²) in [5, 5.41) is 7.21. The second-order valence-electron chi connectivity index (χ2n) is 5.98. The van der Waals surface area contributed by atoms with Crippen molar-refractivity contribution in [1.29, 1.82) is 0 Å². The highest BCUT2D eigenvalue weighted by molar-refractivity contribution is 14.0. The fraction of sp³-hybridized carbons (Fsp3) is 0.588. The summed E-state index contributed by atoms with van der Waals surface area (Å²) in [5.41, 5.74) is 0.873. The molecule has 0 saturated carbocycles. The molecule has 154 valence electrons. The molecule has 1 aliphatic heterocycles. The molecular formula is C17H29IN4O3S2. The Morgan fingerprint density at radius 2 is 2.19 bits per heavy atom. The maximum atomic E-state index is 12.3. The van der Waals surface area contributed by atoms with E-state index in [-0.39, 0.29) is 35.4 Å². The molecule has 1 aliphatic rings. The van der Waals surface area contributed by atoms with Gasteiger partial charge in [-0.1, -0.05) is 12.1 Å². The van der Waals surface area contributed by atoms with Crippen LogP contribution in [0.1, 0.15) is 18.4 Å². The van der Waals surface area contributed by atoms with Crippen LogP contribution in [0.25, 0.3) is 0 Å². The minimum Gasteiger partial charge on any atom is -0.383 e. The first kappa shape index (κ1) is 24.5. The van der Waals surface area contributed by atoms with Crippen LogP contribution in [0.4, 0.5) is 0 Å². The number of benzene rings is 1. The lowest BCUT2D eigenvalue weighted by Crippen LogP contribution is -2.39. The number of ether oxygens (including phenoxy) is 1. The maximum absolute atomic E-state index is 12.3. The van der Waals surface area contributed by atoms with Crippen LogP contribution in [0, 0.1) is 0 Å². The molecule has 1 heterocycles. The Bertz CT molecular complexity index is 695. The molecule has 1 unspecified atom stereocenters. The molecule has 0 bridgehead atoms. The van der Waals surface area contributed by atoms with Crippen LogP contribution in [0.15, 0.2) is 34.2 Å². The van der Waals surface area contributed by atoms with Crippen molar-refractivity contribution in [1.82, 2.24) is 15.4 Å². The molecule has 0 amide bonds. The summed E-state index contributed by atoms with van der Waals surface area (Å²) in [6, 6.07) is 6.89. The quantitative estimate of drug-likeness (QED) is 0.196. The van der Waals surface area contributed by atoms with Crippen LogP contribution in [0.3, 0.4) is 0 Å². The Morgan fingerprint density at radius 3 is 2.85 bits per heavy atom. The average molecular weight is 528 g/mol. The standard InChI is InChI=1S/C17H28N4O3S2.HI/c1-18-17(20-13-15-6-4-10-25-15)19-12-14-5-3-7-16(11-14)26(22,23)21-8-9-24-2;/h3,5,7,11,15,21H,4,6,8-10,12-13H2,1-2H3,(H2,18,19,20);1H. The summed E-state index contributed by atoms with van der Waals surface area (Å²) in [7, 11) is -0.258. The van der Waals surface area contributed by atoms with Crippen molar-refractivity contribution in [2.24, 2.45) is 4.99 Å². The monoisotopic (exact) mass is 528 g/mol. The highest BCUT2D eigenvalue weighted by Crippen LogP contribution is 2.25. The third-order valence-corrected chi connectivity index (χ3v) is 6.87. The van der Waals surface area contributed by atoms with E-state index >= 15 is 0 Å². The first-order valence-corrected chi connectivity index (χ1v) is 11.2. The van der Waals surface area contributed by atoms with Gasteiger partial charge in [0, 0.05) is 39.0 Å². The van der Waals surface area contributed by atoms with E-state index < -0.39 is 10.0 Å². The zero-order valence-corrected chi connectivity index (χ0v) is 19.7. The van der Waals surface area contributed by atoms with Gasteiger partial charge in [-0.05, 0) is 36.3 Å². The average Bonchev–Trinajstić information content (AvgIpc) is 3.16. The second-order valence-corrected chi connectivity index (χ2v) is 9.15. The van der Waals surface area contributed by atoms with Crippen molar-refractivity contribution in [3.8, 4) is 0 Å². The number of hydrogen-bond acceptors (Lipinski definition) is 5. The van der Waals surface area contributed by atoms with Gasteiger partial charge in [-0.3, -0.25) is 4.99 Å². The van der Waals surface area contributed by atoms with Gasteiger partial charge in [-0.25, -0.2) is 13.1 Å². The molecule has 2 rings (SSSR count). The maximum Gasteiger partial charge on any atom is 0.240 e. The number of nitrogens with one attached hydrogen (secondary N) is 3. The number of halogens is 1. The number of aliphatic imine (C=N–C) groups is 1. The van der Waals surface area contributed by atoms with Gasteiger partial charge in [-0.2, -0.15) is 11.8 Å². The predicted octanol–water partition coefficient (Wildman–Crippen LogP) is 1.79. The normalized spacial score (nSPS) is 17.4. The molecule has 3 N–H and O–H groups in total. The summed E-state index contributed by atoms with van der Waals surface area (Å²) in [4.78, 5) is 4.47. The molecule has 1 aromatic carbocycles. The van der Waals surface area contributed by atoms with Crippen molar-refractivity contribution >= 4 is 51.7 Å². The predicted molar refractivity (Wildman–Crippen MR) is 123 cm³/mol. The van der Waals surface area contributed by atoms with Gasteiger partial charge < -0.3 is 15.4 Å². The summed E-state index contributed by atoms with van der Waals surface area (Å²) < 4.78 is 31.9. The number of guanidine groups is 1. The third kappa shape index (κ3) is 8.55. The van der Waals surface area contributed by atoms with E-state index in [0.717, 1.165) is 18.1 Å². The lowest BCUT2D eigenvalue weighted by Gasteiger charge is -2.15. The zero-order chi connectivity index (χ0) is 18.8. The number of thioether (sulfide) groups is 1. The van der Waals surface area contributed by atoms with Crippen LogP contribution in [0.5, 0.6) is 0 Å². The number of rotatable bonds is 9. The Balaban J connectivity index is 0.00000364. The van der Waals surface area contributed by atoms with Gasteiger partial charge in [0.25, 0.3) is 0 Å². The Hall–Kier alpha value is -0.560. The molecule has 0 radical (unpaired) electrons. The first-order chi connectivity index (χ1) is 12.5. The van der Waals surface area contributed by atoms with E-state index in [1.54, 1.807) is 25.2 Å². The fourth-order valence-corrected chi connectivity index (χ4v) is 4.89. The van der Waals surface area contributed by atoms with Crippen molar-refractivity contribution < 1.29 is 13.2 Å². The topological polar surface area (TPSA) is 91.8 Å². The third-order valence-electron chi connectivity index (χ3n) is 4.01. The van der Waals surface area contributed by atoms with E-state index in [1.807, 2.05) is 17.8 Å². The lowest BCUT2D eigenvalue weighted by molar-refractivity contribution is 0.204. The summed E-state index contributed by atoms with van der Waals surface area (Å²) in [6.45, 7) is 1.97. The number of methoxy groups -OCH3 is 1. The minimum atomic E-state index is -3.53. The van der Waals surface area contributed by atoms with Crippen LogP contribution in [-0.2, 0) is 21.3 Å². The molecule has 1 atom stereocenters. The van der Waals surface area contributed by atoms with Crippen molar-refractivity contribution in [3.05, 3.63) is 29.8 Å². The second kappa shape index (κ2) is 12.8. The lowest BCUT2D eigenvalue weighted by atomic mass is 10.2. The van der Waals surface area contributed by atoms with E-state index in [9.17, 15) is 8.42 Å². The SMILES string of the molecule is CN=C(NCc1cccc(S(=O)(=O)NCCOC)c1)NCC1CCCS1.I. The molecule has 27 heavy (non-hydrogen) atoms. The van der Waals surface area contributed by atoms with E-state index in [0.29, 0.717) is 18.4 Å². The Morgan fingerprint density at radius 1 is 1.37 bits per heavy atom. The smallest absolute Gasteiger partial charge is 0.240 e. The molecule has 1 fully saturated rings. The Kier molecular flexibility index (Phi) is 11.6. The van der Waals surface area contributed by atoms with Crippen LogP contribution >= 0.6 is 35.7 Å². The number of hydrogen-bond donors (Lipinski definition) is 3. The molecular weight excluding hydrogens is 499 g/mol. The molecule has 7 nitrogen and oxygen atoms in total. The van der Waals surface area contributed by atoms with E-state index in [1.165, 1.54) is 25.7 Å². The number of nitrogens with zero attached hydrogens (tertiary/aromatic N) is 1. The fourth-order valence-electron chi connectivity index (χ4n) is 2.61. The van der Waals surface area contributed by atoms with E-state index in [2.05, 4.69) is 20.3 Å². The highest BCUT2D eigenvalue weighted by atomic mass is 127. The van der Waals surface area contributed by atoms with Crippen molar-refractivity contribution in [3.63, 3.8) is 0 Å². The summed E-state index contributed by atoms with van der Waals surface area (Å²) in [6.07, 6.45) is 2.52. The van der Waals surface area contributed by atoms with Crippen molar-refractivity contribution in [2.45, 2.75) is 29.5 Å². The van der Waals surface area contributed by atoms with Crippen LogP contribution in [-0.4, -0.2) is 59.2 Å². The van der Waals surface area contributed by atoms with Gasteiger partial charge in [0.2, 0.25) is 10.0 Å². The molecule has 1 saturated heterocycles. The Labute approximate surface area is 183 Å². The van der Waals surface area contributed by atoms with E-state index in [4.69, 9.17) is 4.74 Å². The zero-order valence-electron chi connectivity index (χ0n) is 15.7. The molecule has 0 aromatic heterocycles. The van der Waals surface area contributed by atoms with Crippen LogP contribution in [0.2, 0.25) is 0 Å². The molecule has 1 aromatic rings. The van der Waals surface area contributed by atoms with Gasteiger partial charge in [-0.15, -0.1) is 24.0 Å². The number of sulfonamides is 1. The van der Waals surface area contributed by atoms with Crippen molar-refractivity contribution in [2.75, 3.05) is 39.6 Å². The molecule has 10 heteroatoms.